The number of anilines is 2. The predicted octanol–water partition coefficient (Wildman–Crippen LogP) is 5.22. The molecule has 2 N–H and O–H groups in total. The van der Waals surface area contributed by atoms with Gasteiger partial charge in [-0.1, -0.05) is 6.07 Å². The molecule has 0 saturated carbocycles. The molecule has 9 heteroatoms. The van der Waals surface area contributed by atoms with E-state index in [2.05, 4.69) is 36.4 Å². The smallest absolute Gasteiger partial charge is 0.275 e. The maximum Gasteiger partial charge on any atom is 0.275 e. The minimum absolute atomic E-state index is 0.270. The van der Waals surface area contributed by atoms with Crippen molar-refractivity contribution in [2.75, 3.05) is 36.4 Å². The molecule has 1 amide bonds. The van der Waals surface area contributed by atoms with Crippen LogP contribution in [0.1, 0.15) is 23.3 Å². The van der Waals surface area contributed by atoms with Gasteiger partial charge in [-0.05, 0) is 52.8 Å². The van der Waals surface area contributed by atoms with E-state index >= 15 is 0 Å². The normalized spacial score (nSPS) is 20.9. The SMILES string of the molecule is O=C(Nc1cc(F)c(Br)cc1N1CCC2(CCNC2)C1)c1csc(-c2cccs2)n1. The first-order valence-electron chi connectivity index (χ1n) is 9.79. The number of benzene rings is 1. The Bertz CT molecular complexity index is 1080. The van der Waals surface area contributed by atoms with Crippen LogP contribution in [0.25, 0.3) is 9.88 Å². The summed E-state index contributed by atoms with van der Waals surface area (Å²) >= 11 is 6.32. The fraction of sp³-hybridized carbons (Fsp3) is 0.333. The van der Waals surface area contributed by atoms with Crippen LogP contribution in [0.15, 0.2) is 39.5 Å². The summed E-state index contributed by atoms with van der Waals surface area (Å²) < 4.78 is 14.7. The molecular weight excluding hydrogens is 487 g/mol. The maximum atomic E-state index is 14.3. The first-order chi connectivity index (χ1) is 14.5. The van der Waals surface area contributed by atoms with Crippen LogP contribution >= 0.6 is 38.6 Å². The van der Waals surface area contributed by atoms with Gasteiger partial charge in [0.25, 0.3) is 5.91 Å². The van der Waals surface area contributed by atoms with Crippen LogP contribution < -0.4 is 15.5 Å². The topological polar surface area (TPSA) is 57.3 Å². The summed E-state index contributed by atoms with van der Waals surface area (Å²) in [6, 6.07) is 7.10. The number of amides is 1. The molecule has 4 heterocycles. The van der Waals surface area contributed by atoms with Gasteiger partial charge in [-0.15, -0.1) is 22.7 Å². The standard InChI is InChI=1S/C21H20BrFN4OS2/c22-13-8-17(27-6-4-21(12-27)3-5-24-11-21)15(9-14(13)23)25-19(28)16-10-30-20(26-16)18-2-1-7-29-18/h1-2,7-10,24H,3-6,11-12H2,(H,25,28). The summed E-state index contributed by atoms with van der Waals surface area (Å²) in [5.41, 5.74) is 1.94. The average molecular weight is 507 g/mol. The van der Waals surface area contributed by atoms with E-state index in [9.17, 15) is 9.18 Å². The second-order valence-electron chi connectivity index (χ2n) is 7.85. The molecule has 2 aliphatic heterocycles. The number of carbonyl (C=O) groups is 1. The fourth-order valence-corrected chi connectivity index (χ4v) is 6.21. The van der Waals surface area contributed by atoms with Crippen LogP contribution in [0.2, 0.25) is 0 Å². The summed E-state index contributed by atoms with van der Waals surface area (Å²) in [6.45, 7) is 3.85. The first kappa shape index (κ1) is 20.1. The molecule has 0 bridgehead atoms. The number of rotatable bonds is 4. The Morgan fingerprint density at radius 3 is 3.00 bits per heavy atom. The van der Waals surface area contributed by atoms with Crippen molar-refractivity contribution in [1.29, 1.82) is 0 Å². The van der Waals surface area contributed by atoms with Gasteiger partial charge in [0.15, 0.2) is 0 Å². The lowest BCUT2D eigenvalue weighted by molar-refractivity contribution is 0.102. The third-order valence-corrected chi connectivity index (χ3v) is 8.36. The van der Waals surface area contributed by atoms with Gasteiger partial charge in [0.2, 0.25) is 0 Å². The Morgan fingerprint density at radius 2 is 2.23 bits per heavy atom. The zero-order valence-corrected chi connectivity index (χ0v) is 19.3. The summed E-state index contributed by atoms with van der Waals surface area (Å²) in [5.74, 6) is -0.725. The third kappa shape index (κ3) is 3.79. The molecule has 5 rings (SSSR count). The molecule has 156 valence electrons. The highest BCUT2D eigenvalue weighted by Gasteiger charge is 2.41. The fourth-order valence-electron chi connectivity index (χ4n) is 4.26. The van der Waals surface area contributed by atoms with E-state index in [-0.39, 0.29) is 11.3 Å². The van der Waals surface area contributed by atoms with Crippen molar-refractivity contribution in [1.82, 2.24) is 10.3 Å². The van der Waals surface area contributed by atoms with Crippen molar-refractivity contribution >= 4 is 55.9 Å². The van der Waals surface area contributed by atoms with Gasteiger partial charge in [-0.3, -0.25) is 4.79 Å². The first-order valence-corrected chi connectivity index (χ1v) is 12.3. The van der Waals surface area contributed by atoms with Gasteiger partial charge in [-0.25, -0.2) is 9.37 Å². The molecule has 0 aliphatic carbocycles. The van der Waals surface area contributed by atoms with E-state index in [1.54, 1.807) is 22.8 Å². The number of thiazole rings is 1. The highest BCUT2D eigenvalue weighted by molar-refractivity contribution is 9.10. The largest absolute Gasteiger partial charge is 0.369 e. The summed E-state index contributed by atoms with van der Waals surface area (Å²) in [7, 11) is 0. The average Bonchev–Trinajstić information content (AvgIpc) is 3.53. The molecule has 2 saturated heterocycles. The van der Waals surface area contributed by atoms with Crippen molar-refractivity contribution < 1.29 is 9.18 Å². The van der Waals surface area contributed by atoms with Gasteiger partial charge < -0.3 is 15.5 Å². The van der Waals surface area contributed by atoms with Gasteiger partial charge in [0.05, 0.1) is 20.7 Å². The van der Waals surface area contributed by atoms with Gasteiger partial charge in [0.1, 0.15) is 16.5 Å². The second-order valence-corrected chi connectivity index (χ2v) is 10.5. The van der Waals surface area contributed by atoms with E-state index in [0.29, 0.717) is 15.9 Å². The van der Waals surface area contributed by atoms with Crippen LogP contribution in [-0.2, 0) is 0 Å². The number of nitrogens with one attached hydrogen (secondary N) is 2. The molecular formula is C21H20BrFN4OS2. The van der Waals surface area contributed by atoms with Crippen molar-refractivity contribution in [3.8, 4) is 9.88 Å². The zero-order chi connectivity index (χ0) is 20.7. The third-order valence-electron chi connectivity index (χ3n) is 5.87. The van der Waals surface area contributed by atoms with E-state index in [0.717, 1.165) is 54.6 Å². The van der Waals surface area contributed by atoms with E-state index < -0.39 is 5.82 Å². The lowest BCUT2D eigenvalue weighted by Gasteiger charge is -2.26. The highest BCUT2D eigenvalue weighted by atomic mass is 79.9. The molecule has 1 atom stereocenters. The van der Waals surface area contributed by atoms with Crippen molar-refractivity contribution in [3.63, 3.8) is 0 Å². The summed E-state index contributed by atoms with van der Waals surface area (Å²) in [6.07, 6.45) is 2.25. The summed E-state index contributed by atoms with van der Waals surface area (Å²) in [4.78, 5) is 20.6. The Labute approximate surface area is 190 Å². The number of nitrogens with zero attached hydrogens (tertiary/aromatic N) is 2. The predicted molar refractivity (Wildman–Crippen MR) is 124 cm³/mol. The molecule has 30 heavy (non-hydrogen) atoms. The number of hydrogen-bond donors (Lipinski definition) is 2. The van der Waals surface area contributed by atoms with Crippen LogP contribution in [0.4, 0.5) is 15.8 Å². The number of thiophene rings is 1. The van der Waals surface area contributed by atoms with Crippen molar-refractivity contribution in [2.24, 2.45) is 5.41 Å². The number of carbonyl (C=O) groups excluding carboxylic acids is 1. The molecule has 1 spiro atoms. The number of aromatic nitrogens is 1. The molecule has 0 radical (unpaired) electrons. The second kappa shape index (κ2) is 8.03. The molecule has 5 nitrogen and oxygen atoms in total. The molecule has 3 aromatic rings. The van der Waals surface area contributed by atoms with Gasteiger partial charge in [0, 0.05) is 36.5 Å². The monoisotopic (exact) mass is 506 g/mol. The number of halogens is 2. The molecule has 1 unspecified atom stereocenters. The number of hydrogen-bond acceptors (Lipinski definition) is 6. The van der Waals surface area contributed by atoms with Crippen LogP contribution in [0.3, 0.4) is 0 Å². The summed E-state index contributed by atoms with van der Waals surface area (Å²) in [5, 5.41) is 10.9. The van der Waals surface area contributed by atoms with Crippen molar-refractivity contribution in [3.05, 3.63) is 51.0 Å². The molecule has 2 aromatic heterocycles. The van der Waals surface area contributed by atoms with Crippen LogP contribution in [0.5, 0.6) is 0 Å². The highest BCUT2D eigenvalue weighted by Crippen LogP contribution is 2.42. The zero-order valence-electron chi connectivity index (χ0n) is 16.1. The minimum Gasteiger partial charge on any atom is -0.369 e. The van der Waals surface area contributed by atoms with Gasteiger partial charge in [-0.2, -0.15) is 0 Å². The Balaban J connectivity index is 1.40. The van der Waals surface area contributed by atoms with E-state index in [1.165, 1.54) is 17.4 Å². The lowest BCUT2D eigenvalue weighted by atomic mass is 9.86. The van der Waals surface area contributed by atoms with E-state index in [1.807, 2.05) is 17.5 Å². The Kier molecular flexibility index (Phi) is 5.38. The van der Waals surface area contributed by atoms with Crippen LogP contribution in [-0.4, -0.2) is 37.1 Å². The van der Waals surface area contributed by atoms with E-state index in [4.69, 9.17) is 0 Å². The molecule has 2 aliphatic rings. The van der Waals surface area contributed by atoms with Gasteiger partial charge >= 0.3 is 0 Å². The lowest BCUT2D eigenvalue weighted by Crippen LogP contribution is -2.29. The Hall–Kier alpha value is -1.81. The van der Waals surface area contributed by atoms with Crippen LogP contribution in [0, 0.1) is 11.2 Å². The molecule has 1 aromatic carbocycles. The molecule has 2 fully saturated rings. The maximum absolute atomic E-state index is 14.3. The van der Waals surface area contributed by atoms with Crippen molar-refractivity contribution in [2.45, 2.75) is 12.8 Å². The Morgan fingerprint density at radius 1 is 1.33 bits per heavy atom. The minimum atomic E-state index is -0.400. The quantitative estimate of drug-likeness (QED) is 0.509.